The summed E-state index contributed by atoms with van der Waals surface area (Å²) in [5.41, 5.74) is 2.67. The molecule has 1 fully saturated rings. The molecule has 0 atom stereocenters. The molecule has 3 rings (SSSR count). The van der Waals surface area contributed by atoms with E-state index < -0.39 is 5.97 Å². The van der Waals surface area contributed by atoms with Crippen molar-refractivity contribution in [3.8, 4) is 0 Å². The zero-order chi connectivity index (χ0) is 18.4. The lowest BCUT2D eigenvalue weighted by Gasteiger charge is -2.34. The Labute approximate surface area is 153 Å². The SMILES string of the molecule is O=C(O)Cc1ccc(NC(=O)N2CCN(Cc3ccccc3)CC2)cc1. The number of anilines is 1. The monoisotopic (exact) mass is 353 g/mol. The number of nitrogens with zero attached hydrogens (tertiary/aromatic N) is 2. The third kappa shape index (κ3) is 5.07. The molecule has 1 saturated heterocycles. The van der Waals surface area contributed by atoms with Gasteiger partial charge in [-0.1, -0.05) is 42.5 Å². The number of carbonyl (C=O) groups excluding carboxylic acids is 1. The molecule has 1 aliphatic heterocycles. The molecule has 1 aliphatic rings. The molecule has 6 nitrogen and oxygen atoms in total. The molecule has 0 radical (unpaired) electrons. The second-order valence-electron chi connectivity index (χ2n) is 6.45. The first-order valence-electron chi connectivity index (χ1n) is 8.73. The third-order valence-corrected chi connectivity index (χ3v) is 4.47. The topological polar surface area (TPSA) is 72.9 Å². The summed E-state index contributed by atoms with van der Waals surface area (Å²) in [5, 5.41) is 11.7. The predicted octanol–water partition coefficient (Wildman–Crippen LogP) is 2.66. The van der Waals surface area contributed by atoms with Crippen LogP contribution in [0.1, 0.15) is 11.1 Å². The fraction of sp³-hybridized carbons (Fsp3) is 0.300. The van der Waals surface area contributed by atoms with Crippen LogP contribution in [0.25, 0.3) is 0 Å². The Morgan fingerprint density at radius 2 is 1.54 bits per heavy atom. The molecular weight excluding hydrogens is 330 g/mol. The smallest absolute Gasteiger partial charge is 0.321 e. The molecule has 2 aromatic carbocycles. The number of aliphatic carboxylic acids is 1. The van der Waals surface area contributed by atoms with Gasteiger partial charge in [-0.25, -0.2) is 4.79 Å². The van der Waals surface area contributed by atoms with Gasteiger partial charge in [0.15, 0.2) is 0 Å². The molecule has 0 bridgehead atoms. The quantitative estimate of drug-likeness (QED) is 0.867. The number of hydrogen-bond acceptors (Lipinski definition) is 3. The van der Waals surface area contributed by atoms with Crippen molar-refractivity contribution in [1.29, 1.82) is 0 Å². The number of carboxylic acid groups (broad SMARTS) is 1. The minimum absolute atomic E-state index is 0.0163. The summed E-state index contributed by atoms with van der Waals surface area (Å²) in [5.74, 6) is -0.866. The molecule has 0 unspecified atom stereocenters. The first-order chi connectivity index (χ1) is 12.6. The van der Waals surface area contributed by atoms with Gasteiger partial charge in [-0.15, -0.1) is 0 Å². The van der Waals surface area contributed by atoms with E-state index in [0.717, 1.165) is 19.6 Å². The van der Waals surface area contributed by atoms with E-state index >= 15 is 0 Å². The van der Waals surface area contributed by atoms with Crippen molar-refractivity contribution in [2.45, 2.75) is 13.0 Å². The van der Waals surface area contributed by atoms with Gasteiger partial charge in [-0.2, -0.15) is 0 Å². The van der Waals surface area contributed by atoms with Gasteiger partial charge in [0.05, 0.1) is 6.42 Å². The van der Waals surface area contributed by atoms with Crippen LogP contribution in [0.15, 0.2) is 54.6 Å². The van der Waals surface area contributed by atoms with Gasteiger partial charge in [0.1, 0.15) is 0 Å². The van der Waals surface area contributed by atoms with Crippen LogP contribution >= 0.6 is 0 Å². The van der Waals surface area contributed by atoms with E-state index in [1.54, 1.807) is 24.3 Å². The van der Waals surface area contributed by atoms with E-state index in [1.807, 2.05) is 23.1 Å². The number of piperazine rings is 1. The second-order valence-corrected chi connectivity index (χ2v) is 6.45. The minimum atomic E-state index is -0.866. The van der Waals surface area contributed by atoms with E-state index in [1.165, 1.54) is 5.56 Å². The number of hydrogen-bond donors (Lipinski definition) is 2. The molecule has 1 heterocycles. The summed E-state index contributed by atoms with van der Waals surface area (Å²) in [4.78, 5) is 27.3. The highest BCUT2D eigenvalue weighted by molar-refractivity contribution is 5.89. The van der Waals surface area contributed by atoms with E-state index in [-0.39, 0.29) is 12.5 Å². The summed E-state index contributed by atoms with van der Waals surface area (Å²) in [7, 11) is 0. The van der Waals surface area contributed by atoms with Crippen molar-refractivity contribution < 1.29 is 14.7 Å². The number of amides is 2. The Bertz CT molecular complexity index is 739. The predicted molar refractivity (Wildman–Crippen MR) is 100 cm³/mol. The lowest BCUT2D eigenvalue weighted by atomic mass is 10.1. The Hall–Kier alpha value is -2.86. The highest BCUT2D eigenvalue weighted by Crippen LogP contribution is 2.13. The molecule has 0 saturated carbocycles. The van der Waals surface area contributed by atoms with Crippen molar-refractivity contribution in [3.63, 3.8) is 0 Å². The van der Waals surface area contributed by atoms with E-state index in [0.29, 0.717) is 24.3 Å². The van der Waals surface area contributed by atoms with E-state index in [2.05, 4.69) is 22.3 Å². The highest BCUT2D eigenvalue weighted by atomic mass is 16.4. The Kier molecular flexibility index (Phi) is 5.86. The van der Waals surface area contributed by atoms with Crippen molar-refractivity contribution >= 4 is 17.7 Å². The standard InChI is InChI=1S/C20H23N3O3/c24-19(25)14-16-6-8-18(9-7-16)21-20(26)23-12-10-22(11-13-23)15-17-4-2-1-3-5-17/h1-9H,10-15H2,(H,21,26)(H,24,25). The molecule has 0 aliphatic carbocycles. The molecule has 2 aromatic rings. The van der Waals surface area contributed by atoms with Crippen LogP contribution in [0.3, 0.4) is 0 Å². The lowest BCUT2D eigenvalue weighted by Crippen LogP contribution is -2.49. The average molecular weight is 353 g/mol. The molecule has 26 heavy (non-hydrogen) atoms. The van der Waals surface area contributed by atoms with Gasteiger partial charge in [-0.3, -0.25) is 9.69 Å². The minimum Gasteiger partial charge on any atom is -0.481 e. The Morgan fingerprint density at radius 3 is 2.15 bits per heavy atom. The van der Waals surface area contributed by atoms with Gasteiger partial charge in [0.25, 0.3) is 0 Å². The maximum absolute atomic E-state index is 12.4. The summed E-state index contributed by atoms with van der Waals surface area (Å²) >= 11 is 0. The number of rotatable bonds is 5. The van der Waals surface area contributed by atoms with Crippen LogP contribution in [-0.2, 0) is 17.8 Å². The van der Waals surface area contributed by atoms with Crippen molar-refractivity contribution in [2.75, 3.05) is 31.5 Å². The fourth-order valence-electron chi connectivity index (χ4n) is 3.03. The Balaban J connectivity index is 1.47. The highest BCUT2D eigenvalue weighted by Gasteiger charge is 2.21. The molecule has 0 spiro atoms. The van der Waals surface area contributed by atoms with Crippen LogP contribution < -0.4 is 5.32 Å². The van der Waals surface area contributed by atoms with Crippen LogP contribution in [0.4, 0.5) is 10.5 Å². The van der Waals surface area contributed by atoms with E-state index in [9.17, 15) is 9.59 Å². The molecular formula is C20H23N3O3. The maximum atomic E-state index is 12.4. The van der Waals surface area contributed by atoms with Gasteiger partial charge >= 0.3 is 12.0 Å². The first kappa shape index (κ1) is 17.9. The molecule has 0 aromatic heterocycles. The third-order valence-electron chi connectivity index (χ3n) is 4.47. The number of nitrogens with one attached hydrogen (secondary N) is 1. The first-order valence-corrected chi connectivity index (χ1v) is 8.73. The van der Waals surface area contributed by atoms with Gasteiger partial charge in [-0.05, 0) is 23.3 Å². The fourth-order valence-corrected chi connectivity index (χ4v) is 3.03. The summed E-state index contributed by atoms with van der Waals surface area (Å²) in [6.07, 6.45) is -0.0163. The second kappa shape index (κ2) is 8.49. The van der Waals surface area contributed by atoms with Crippen molar-refractivity contribution in [3.05, 3.63) is 65.7 Å². The number of carbonyl (C=O) groups is 2. The number of benzene rings is 2. The molecule has 6 heteroatoms. The summed E-state index contributed by atoms with van der Waals surface area (Å²) < 4.78 is 0. The van der Waals surface area contributed by atoms with Gasteiger partial charge in [0.2, 0.25) is 0 Å². The van der Waals surface area contributed by atoms with Gasteiger partial charge < -0.3 is 15.3 Å². The van der Waals surface area contributed by atoms with Gasteiger partial charge in [0, 0.05) is 38.4 Å². The molecule has 2 amide bonds. The summed E-state index contributed by atoms with van der Waals surface area (Å²) in [6, 6.07) is 17.1. The van der Waals surface area contributed by atoms with Crippen LogP contribution in [0, 0.1) is 0 Å². The largest absolute Gasteiger partial charge is 0.481 e. The Morgan fingerprint density at radius 1 is 0.885 bits per heavy atom. The number of urea groups is 1. The average Bonchev–Trinajstić information content (AvgIpc) is 2.64. The zero-order valence-electron chi connectivity index (χ0n) is 14.6. The normalized spacial score (nSPS) is 14.8. The lowest BCUT2D eigenvalue weighted by molar-refractivity contribution is -0.136. The summed E-state index contributed by atoms with van der Waals surface area (Å²) in [6.45, 7) is 3.98. The van der Waals surface area contributed by atoms with E-state index in [4.69, 9.17) is 5.11 Å². The maximum Gasteiger partial charge on any atom is 0.321 e. The molecule has 2 N–H and O–H groups in total. The number of carboxylic acids is 1. The zero-order valence-corrected chi connectivity index (χ0v) is 14.6. The molecule has 136 valence electrons. The van der Waals surface area contributed by atoms with Crippen LogP contribution in [-0.4, -0.2) is 53.1 Å². The van der Waals surface area contributed by atoms with Crippen LogP contribution in [0.5, 0.6) is 0 Å². The van der Waals surface area contributed by atoms with Crippen LogP contribution in [0.2, 0.25) is 0 Å². The van der Waals surface area contributed by atoms with Crippen molar-refractivity contribution in [1.82, 2.24) is 9.80 Å². The van der Waals surface area contributed by atoms with Crippen molar-refractivity contribution in [2.24, 2.45) is 0 Å².